The Morgan fingerprint density at radius 1 is 1.44 bits per heavy atom. The Kier molecular flexibility index (Phi) is 3.46. The SMILES string of the molecule is COc1ccc(CC2SC(=S)NC2=O)cc1. The first-order chi connectivity index (χ1) is 7.69. The topological polar surface area (TPSA) is 38.3 Å². The van der Waals surface area contributed by atoms with Crippen molar-refractivity contribution < 1.29 is 9.53 Å². The summed E-state index contributed by atoms with van der Waals surface area (Å²) in [7, 11) is 1.63. The highest BCUT2D eigenvalue weighted by atomic mass is 32.2. The van der Waals surface area contributed by atoms with Gasteiger partial charge < -0.3 is 10.1 Å². The molecule has 5 heteroatoms. The second-order valence-electron chi connectivity index (χ2n) is 3.44. The molecule has 84 valence electrons. The van der Waals surface area contributed by atoms with E-state index in [-0.39, 0.29) is 11.2 Å². The number of carbonyl (C=O) groups excluding carboxylic acids is 1. The molecule has 16 heavy (non-hydrogen) atoms. The fourth-order valence-electron chi connectivity index (χ4n) is 1.50. The fourth-order valence-corrected chi connectivity index (χ4v) is 2.81. The van der Waals surface area contributed by atoms with Crippen LogP contribution in [0.1, 0.15) is 5.56 Å². The molecule has 1 aliphatic heterocycles. The van der Waals surface area contributed by atoms with Crippen LogP contribution in [0.2, 0.25) is 0 Å². The zero-order valence-electron chi connectivity index (χ0n) is 8.73. The third-order valence-corrected chi connectivity index (χ3v) is 3.72. The monoisotopic (exact) mass is 253 g/mol. The molecule has 0 radical (unpaired) electrons. The van der Waals surface area contributed by atoms with Crippen molar-refractivity contribution in [3.63, 3.8) is 0 Å². The second kappa shape index (κ2) is 4.84. The Bertz CT molecular complexity index is 416. The number of carbonyl (C=O) groups is 1. The summed E-state index contributed by atoms with van der Waals surface area (Å²) in [4.78, 5) is 11.5. The van der Waals surface area contributed by atoms with Gasteiger partial charge in [-0.15, -0.1) is 0 Å². The van der Waals surface area contributed by atoms with Crippen molar-refractivity contribution in [1.29, 1.82) is 0 Å². The minimum atomic E-state index is -0.0964. The van der Waals surface area contributed by atoms with Crippen molar-refractivity contribution in [3.8, 4) is 5.75 Å². The fraction of sp³-hybridized carbons (Fsp3) is 0.273. The Hall–Kier alpha value is -1.07. The summed E-state index contributed by atoms with van der Waals surface area (Å²) in [5.41, 5.74) is 1.11. The number of rotatable bonds is 3. The van der Waals surface area contributed by atoms with Crippen LogP contribution in [-0.2, 0) is 11.2 Å². The molecule has 0 aromatic heterocycles. The van der Waals surface area contributed by atoms with Gasteiger partial charge in [0.2, 0.25) is 5.91 Å². The van der Waals surface area contributed by atoms with E-state index in [2.05, 4.69) is 5.32 Å². The average molecular weight is 253 g/mol. The lowest BCUT2D eigenvalue weighted by Gasteiger charge is -2.06. The predicted molar refractivity (Wildman–Crippen MR) is 68.8 cm³/mol. The molecule has 3 nitrogen and oxygen atoms in total. The van der Waals surface area contributed by atoms with Gasteiger partial charge in [-0.2, -0.15) is 0 Å². The highest BCUT2D eigenvalue weighted by Gasteiger charge is 2.28. The molecule has 1 N–H and O–H groups in total. The number of hydrogen-bond donors (Lipinski definition) is 1. The summed E-state index contributed by atoms with van der Waals surface area (Å²) < 4.78 is 5.64. The number of benzene rings is 1. The van der Waals surface area contributed by atoms with Gasteiger partial charge in [-0.05, 0) is 24.1 Å². The molecular weight excluding hydrogens is 242 g/mol. The average Bonchev–Trinajstić information content (AvgIpc) is 2.59. The van der Waals surface area contributed by atoms with Crippen LogP contribution in [0.3, 0.4) is 0 Å². The Morgan fingerprint density at radius 2 is 2.12 bits per heavy atom. The first-order valence-corrected chi connectivity index (χ1v) is 6.12. The number of thioether (sulfide) groups is 1. The standard InChI is InChI=1S/C11H11NO2S2/c1-14-8-4-2-7(3-5-8)6-9-10(13)12-11(15)16-9/h2-5,9H,6H2,1H3,(H,12,13,15). The zero-order valence-corrected chi connectivity index (χ0v) is 10.4. The van der Waals surface area contributed by atoms with E-state index in [0.29, 0.717) is 10.7 Å². The highest BCUT2D eigenvalue weighted by Crippen LogP contribution is 2.23. The molecule has 1 atom stereocenters. The van der Waals surface area contributed by atoms with Crippen LogP contribution in [0.25, 0.3) is 0 Å². The van der Waals surface area contributed by atoms with Gasteiger partial charge in [0, 0.05) is 0 Å². The highest BCUT2D eigenvalue weighted by molar-refractivity contribution is 8.24. The first-order valence-electron chi connectivity index (χ1n) is 4.83. The lowest BCUT2D eigenvalue weighted by molar-refractivity contribution is -0.118. The quantitative estimate of drug-likeness (QED) is 0.833. The number of thiocarbonyl (C=S) groups is 1. The maximum atomic E-state index is 11.5. The van der Waals surface area contributed by atoms with E-state index in [9.17, 15) is 4.79 Å². The number of hydrogen-bond acceptors (Lipinski definition) is 4. The summed E-state index contributed by atoms with van der Waals surface area (Å²) >= 11 is 6.36. The molecule has 1 heterocycles. The summed E-state index contributed by atoms with van der Waals surface area (Å²) in [6.07, 6.45) is 0.695. The van der Waals surface area contributed by atoms with Gasteiger partial charge in [-0.25, -0.2) is 0 Å². The van der Waals surface area contributed by atoms with Crippen LogP contribution in [0, 0.1) is 0 Å². The van der Waals surface area contributed by atoms with Gasteiger partial charge in [0.05, 0.1) is 12.4 Å². The molecule has 1 aromatic rings. The Labute approximate surface area is 104 Å². The normalized spacial score (nSPS) is 19.7. The van der Waals surface area contributed by atoms with Crippen molar-refractivity contribution in [3.05, 3.63) is 29.8 Å². The number of methoxy groups -OCH3 is 1. The summed E-state index contributed by atoms with van der Waals surface area (Å²) in [6.45, 7) is 0. The van der Waals surface area contributed by atoms with Crippen LogP contribution in [0.4, 0.5) is 0 Å². The Morgan fingerprint density at radius 3 is 2.62 bits per heavy atom. The zero-order chi connectivity index (χ0) is 11.5. The second-order valence-corrected chi connectivity index (χ2v) is 5.32. The van der Waals surface area contributed by atoms with Gasteiger partial charge in [-0.3, -0.25) is 4.79 Å². The van der Waals surface area contributed by atoms with Crippen LogP contribution < -0.4 is 10.1 Å². The minimum Gasteiger partial charge on any atom is -0.497 e. The maximum absolute atomic E-state index is 11.5. The molecule has 1 unspecified atom stereocenters. The maximum Gasteiger partial charge on any atom is 0.239 e. The number of ether oxygens (including phenoxy) is 1. The van der Waals surface area contributed by atoms with Crippen molar-refractivity contribution in [2.24, 2.45) is 0 Å². The van der Waals surface area contributed by atoms with Gasteiger partial charge in [0.15, 0.2) is 0 Å². The molecule has 1 saturated heterocycles. The third kappa shape index (κ3) is 2.54. The lowest BCUT2D eigenvalue weighted by atomic mass is 10.1. The molecule has 2 rings (SSSR count). The van der Waals surface area contributed by atoms with E-state index < -0.39 is 0 Å². The molecule has 0 aliphatic carbocycles. The summed E-state index contributed by atoms with van der Waals surface area (Å²) in [5.74, 6) is 0.827. The molecule has 1 fully saturated rings. The molecular formula is C11H11NO2S2. The first kappa shape index (κ1) is 11.4. The Balaban J connectivity index is 2.03. The van der Waals surface area contributed by atoms with E-state index in [4.69, 9.17) is 17.0 Å². The number of nitrogens with one attached hydrogen (secondary N) is 1. The van der Waals surface area contributed by atoms with Gasteiger partial charge >= 0.3 is 0 Å². The molecule has 0 spiro atoms. The van der Waals surface area contributed by atoms with E-state index in [1.54, 1.807) is 7.11 Å². The minimum absolute atomic E-state index is 0.00539. The van der Waals surface area contributed by atoms with Crippen LogP contribution in [0.5, 0.6) is 5.75 Å². The molecule has 1 aliphatic rings. The third-order valence-electron chi connectivity index (χ3n) is 2.35. The molecule has 0 saturated carbocycles. The van der Waals surface area contributed by atoms with Crippen molar-refractivity contribution in [2.45, 2.75) is 11.7 Å². The van der Waals surface area contributed by atoms with Crippen molar-refractivity contribution in [1.82, 2.24) is 5.32 Å². The van der Waals surface area contributed by atoms with Gasteiger partial charge in [-0.1, -0.05) is 36.1 Å². The van der Waals surface area contributed by atoms with E-state index >= 15 is 0 Å². The lowest BCUT2D eigenvalue weighted by Crippen LogP contribution is -2.25. The number of amides is 1. The van der Waals surface area contributed by atoms with E-state index in [1.807, 2.05) is 24.3 Å². The molecule has 0 bridgehead atoms. The van der Waals surface area contributed by atoms with Crippen LogP contribution in [-0.4, -0.2) is 22.6 Å². The van der Waals surface area contributed by atoms with Crippen molar-refractivity contribution >= 4 is 34.2 Å². The molecule has 1 amide bonds. The van der Waals surface area contributed by atoms with Gasteiger partial charge in [0.25, 0.3) is 0 Å². The van der Waals surface area contributed by atoms with Crippen LogP contribution in [0.15, 0.2) is 24.3 Å². The largest absolute Gasteiger partial charge is 0.497 e. The molecule has 1 aromatic carbocycles. The van der Waals surface area contributed by atoms with Crippen LogP contribution >= 0.6 is 24.0 Å². The predicted octanol–water partition coefficient (Wildman–Crippen LogP) is 1.75. The summed E-state index contributed by atoms with van der Waals surface area (Å²) in [6, 6.07) is 7.72. The van der Waals surface area contributed by atoms with Crippen molar-refractivity contribution in [2.75, 3.05) is 7.11 Å². The van der Waals surface area contributed by atoms with Gasteiger partial charge in [0.1, 0.15) is 10.1 Å². The van der Waals surface area contributed by atoms with E-state index in [0.717, 1.165) is 11.3 Å². The summed E-state index contributed by atoms with van der Waals surface area (Å²) in [5, 5.41) is 2.54. The van der Waals surface area contributed by atoms with E-state index in [1.165, 1.54) is 11.8 Å². The smallest absolute Gasteiger partial charge is 0.239 e.